The first kappa shape index (κ1) is 18.1. The number of likely N-dealkylation sites (tertiary alicyclic amines) is 1. The molecule has 1 aliphatic heterocycles. The van der Waals surface area contributed by atoms with E-state index in [2.05, 4.69) is 15.6 Å². The van der Waals surface area contributed by atoms with Crippen molar-refractivity contribution in [3.05, 3.63) is 23.9 Å². The fourth-order valence-electron chi connectivity index (χ4n) is 2.50. The van der Waals surface area contributed by atoms with Crippen LogP contribution in [0.3, 0.4) is 0 Å². The van der Waals surface area contributed by atoms with Crippen LogP contribution in [0.15, 0.2) is 18.3 Å². The van der Waals surface area contributed by atoms with E-state index in [0.717, 1.165) is 0 Å². The maximum atomic E-state index is 12.3. The molecule has 0 spiro atoms. The van der Waals surface area contributed by atoms with E-state index in [-0.39, 0.29) is 18.5 Å². The molecule has 2 N–H and O–H groups in total. The number of nitrogens with zero attached hydrogens (tertiary/aromatic N) is 3. The third kappa shape index (κ3) is 5.12. The monoisotopic (exact) mass is 341 g/mol. The number of rotatable bonds is 5. The highest BCUT2D eigenvalue weighted by Gasteiger charge is 2.25. The van der Waals surface area contributed by atoms with Crippen molar-refractivity contribution in [3.8, 4) is 0 Å². The molecule has 1 atom stereocenters. The van der Waals surface area contributed by atoms with E-state index in [4.69, 9.17) is 0 Å². The molecule has 2 heterocycles. The third-order valence-corrected chi connectivity index (χ3v) is 3.66. The highest BCUT2D eigenvalue weighted by molar-refractivity contribution is 5.94. The average molecular weight is 341 g/mol. The summed E-state index contributed by atoms with van der Waals surface area (Å²) in [7, 11) is 3.28. The Hall–Kier alpha value is -2.29. The topological polar surface area (TPSA) is 77.6 Å². The number of carbonyl (C=O) groups is 2. The number of hydrogen-bond acceptors (Lipinski definition) is 4. The molecule has 24 heavy (non-hydrogen) atoms. The van der Waals surface area contributed by atoms with Crippen LogP contribution in [0.5, 0.6) is 0 Å². The van der Waals surface area contributed by atoms with E-state index in [1.807, 2.05) is 0 Å². The molecular formula is C15H21F2N5O2. The van der Waals surface area contributed by atoms with Gasteiger partial charge < -0.3 is 10.2 Å². The molecule has 3 amide bonds. The Morgan fingerprint density at radius 2 is 2.17 bits per heavy atom. The van der Waals surface area contributed by atoms with Gasteiger partial charge in [-0.25, -0.2) is 18.6 Å². The quantitative estimate of drug-likeness (QED) is 0.845. The maximum Gasteiger partial charge on any atom is 0.320 e. The Labute approximate surface area is 139 Å². The molecule has 9 heteroatoms. The van der Waals surface area contributed by atoms with E-state index in [9.17, 15) is 18.4 Å². The molecule has 1 saturated heterocycles. The van der Waals surface area contributed by atoms with Crippen LogP contribution in [0.4, 0.5) is 19.4 Å². The summed E-state index contributed by atoms with van der Waals surface area (Å²) >= 11 is 0. The highest BCUT2D eigenvalue weighted by Crippen LogP contribution is 2.12. The molecule has 132 valence electrons. The number of alkyl halides is 2. The molecule has 1 unspecified atom stereocenters. The molecule has 1 aliphatic rings. The van der Waals surface area contributed by atoms with Gasteiger partial charge in [0, 0.05) is 39.4 Å². The Balaban J connectivity index is 1.81. The van der Waals surface area contributed by atoms with Gasteiger partial charge in [0.2, 0.25) is 0 Å². The third-order valence-electron chi connectivity index (χ3n) is 3.66. The fraction of sp³-hybridized carbons (Fsp3) is 0.533. The van der Waals surface area contributed by atoms with Gasteiger partial charge in [0.25, 0.3) is 12.3 Å². The number of hydrogen-bond donors (Lipinski definition) is 2. The van der Waals surface area contributed by atoms with Crippen molar-refractivity contribution in [1.29, 1.82) is 0 Å². The Bertz CT molecular complexity index is 580. The first-order valence-corrected chi connectivity index (χ1v) is 7.61. The van der Waals surface area contributed by atoms with Crippen LogP contribution in [0.1, 0.15) is 16.8 Å². The summed E-state index contributed by atoms with van der Waals surface area (Å²) in [6.45, 7) is 0.666. The van der Waals surface area contributed by atoms with Crippen molar-refractivity contribution in [2.75, 3.05) is 39.0 Å². The van der Waals surface area contributed by atoms with Crippen LogP contribution in [0.2, 0.25) is 0 Å². The van der Waals surface area contributed by atoms with E-state index in [0.29, 0.717) is 30.9 Å². The molecule has 0 bridgehead atoms. The minimum absolute atomic E-state index is 0.168. The fourth-order valence-corrected chi connectivity index (χ4v) is 2.50. The summed E-state index contributed by atoms with van der Waals surface area (Å²) < 4.78 is 24.7. The summed E-state index contributed by atoms with van der Waals surface area (Å²) in [5.41, 5.74) is 0.421. The Kier molecular flexibility index (Phi) is 6.02. The van der Waals surface area contributed by atoms with Gasteiger partial charge in [-0.3, -0.25) is 15.0 Å². The van der Waals surface area contributed by atoms with Gasteiger partial charge in [0.15, 0.2) is 0 Å². The van der Waals surface area contributed by atoms with Crippen LogP contribution in [-0.4, -0.2) is 72.9 Å². The predicted octanol–water partition coefficient (Wildman–Crippen LogP) is 1.24. The number of nitrogens with one attached hydrogen (secondary N) is 2. The molecule has 1 aromatic heterocycles. The molecule has 2 rings (SSSR count). The minimum Gasteiger partial charge on any atom is -0.345 e. The SMILES string of the molecule is CN(C)C(=O)c1ccc(NC(=O)NC2CCN(CC(F)F)C2)nc1. The maximum absolute atomic E-state index is 12.3. The summed E-state index contributed by atoms with van der Waals surface area (Å²) in [5.74, 6) is 0.133. The Morgan fingerprint density at radius 1 is 1.42 bits per heavy atom. The molecule has 0 saturated carbocycles. The van der Waals surface area contributed by atoms with Gasteiger partial charge in [-0.2, -0.15) is 0 Å². The molecule has 7 nitrogen and oxygen atoms in total. The number of carbonyl (C=O) groups excluding carboxylic acids is 2. The molecule has 0 aromatic carbocycles. The van der Waals surface area contributed by atoms with E-state index >= 15 is 0 Å². The smallest absolute Gasteiger partial charge is 0.320 e. The number of pyridine rings is 1. The highest BCUT2D eigenvalue weighted by atomic mass is 19.3. The Morgan fingerprint density at radius 3 is 2.75 bits per heavy atom. The van der Waals surface area contributed by atoms with Crippen molar-refractivity contribution in [1.82, 2.24) is 20.1 Å². The normalized spacial score (nSPS) is 17.8. The first-order chi connectivity index (χ1) is 11.3. The molecule has 0 radical (unpaired) electrons. The van der Waals surface area contributed by atoms with Crippen molar-refractivity contribution < 1.29 is 18.4 Å². The zero-order valence-corrected chi connectivity index (χ0v) is 13.6. The minimum atomic E-state index is -2.37. The van der Waals surface area contributed by atoms with Crippen LogP contribution < -0.4 is 10.6 Å². The van der Waals surface area contributed by atoms with Crippen LogP contribution >= 0.6 is 0 Å². The largest absolute Gasteiger partial charge is 0.345 e. The second kappa shape index (κ2) is 8.00. The summed E-state index contributed by atoms with van der Waals surface area (Å²) in [6, 6.07) is 2.50. The predicted molar refractivity (Wildman–Crippen MR) is 85.3 cm³/mol. The molecule has 1 fully saturated rings. The second-order valence-electron chi connectivity index (χ2n) is 5.87. The van der Waals surface area contributed by atoms with Gasteiger partial charge in [-0.05, 0) is 18.6 Å². The average Bonchev–Trinajstić information content (AvgIpc) is 2.93. The number of halogens is 2. The first-order valence-electron chi connectivity index (χ1n) is 7.61. The van der Waals surface area contributed by atoms with Crippen molar-refractivity contribution >= 4 is 17.8 Å². The second-order valence-corrected chi connectivity index (χ2v) is 5.87. The lowest BCUT2D eigenvalue weighted by Gasteiger charge is -2.16. The van der Waals surface area contributed by atoms with E-state index in [1.54, 1.807) is 25.1 Å². The molecule has 1 aromatic rings. The number of anilines is 1. The van der Waals surface area contributed by atoms with Crippen molar-refractivity contribution in [3.63, 3.8) is 0 Å². The standard InChI is InChI=1S/C15H21F2N5O2/c1-21(2)14(23)10-3-4-13(18-7-10)20-15(24)19-11-5-6-22(8-11)9-12(16)17/h3-4,7,11-12H,5-6,8-9H2,1-2H3,(H2,18,19,20,24). The number of amides is 3. The number of aromatic nitrogens is 1. The number of urea groups is 1. The summed E-state index contributed by atoms with van der Waals surface area (Å²) in [4.78, 5) is 30.7. The van der Waals surface area contributed by atoms with Gasteiger partial charge >= 0.3 is 6.03 Å². The van der Waals surface area contributed by atoms with Crippen molar-refractivity contribution in [2.24, 2.45) is 0 Å². The molecule has 0 aliphatic carbocycles. The van der Waals surface area contributed by atoms with Crippen molar-refractivity contribution in [2.45, 2.75) is 18.9 Å². The lowest BCUT2D eigenvalue weighted by Crippen LogP contribution is -2.40. The summed E-state index contributed by atoms with van der Waals surface area (Å²) in [5, 5.41) is 5.30. The van der Waals surface area contributed by atoms with Gasteiger partial charge in [-0.1, -0.05) is 0 Å². The zero-order valence-electron chi connectivity index (χ0n) is 13.6. The van der Waals surface area contributed by atoms with E-state index in [1.165, 1.54) is 17.2 Å². The van der Waals surface area contributed by atoms with Crippen LogP contribution in [0.25, 0.3) is 0 Å². The molecular weight excluding hydrogens is 320 g/mol. The van der Waals surface area contributed by atoms with Gasteiger partial charge in [-0.15, -0.1) is 0 Å². The zero-order chi connectivity index (χ0) is 17.7. The van der Waals surface area contributed by atoms with E-state index < -0.39 is 12.5 Å². The van der Waals surface area contributed by atoms with Crippen LogP contribution in [0, 0.1) is 0 Å². The lowest BCUT2D eigenvalue weighted by molar-refractivity contribution is 0.0827. The van der Waals surface area contributed by atoms with Gasteiger partial charge in [0.1, 0.15) is 5.82 Å². The van der Waals surface area contributed by atoms with Gasteiger partial charge in [0.05, 0.1) is 12.1 Å². The lowest BCUT2D eigenvalue weighted by atomic mass is 10.2. The van der Waals surface area contributed by atoms with Crippen LogP contribution in [-0.2, 0) is 0 Å². The summed E-state index contributed by atoms with van der Waals surface area (Å²) in [6.07, 6.45) is -0.355.